The minimum atomic E-state index is -3.20. The molecule has 0 aliphatic carbocycles. The number of carboxylic acids is 1. The average Bonchev–Trinajstić information content (AvgIpc) is 2.61. The fourth-order valence-corrected chi connectivity index (χ4v) is 2.19. The van der Waals surface area contributed by atoms with Gasteiger partial charge in [0.05, 0.1) is 11.4 Å². The fourth-order valence-electron chi connectivity index (χ4n) is 1.39. The third kappa shape index (κ3) is 3.29. The predicted octanol–water partition coefficient (Wildman–Crippen LogP) is 1.10. The van der Waals surface area contributed by atoms with Crippen LogP contribution in [-0.2, 0) is 15.6 Å². The van der Waals surface area contributed by atoms with Crippen LogP contribution >= 0.6 is 0 Å². The summed E-state index contributed by atoms with van der Waals surface area (Å²) in [4.78, 5) is 14.8. The van der Waals surface area contributed by atoms with Gasteiger partial charge in [-0.25, -0.2) is 18.2 Å². The van der Waals surface area contributed by atoms with E-state index in [9.17, 15) is 13.2 Å². The molecule has 0 bridgehead atoms. The SMILES string of the molecule is CCS(=O)(=O)Cc1cn(C(C)C)c(C(=O)O)n1. The van der Waals surface area contributed by atoms with E-state index in [1.54, 1.807) is 6.92 Å². The standard InChI is InChI=1S/C10H16N2O4S/c1-4-17(15,16)6-8-5-12(7(2)3)9(11-8)10(13)14/h5,7H,4,6H2,1-3H3,(H,13,14). The first kappa shape index (κ1) is 13.7. The minimum Gasteiger partial charge on any atom is -0.475 e. The maximum absolute atomic E-state index is 11.4. The number of hydrogen-bond donors (Lipinski definition) is 1. The molecule has 0 atom stereocenters. The van der Waals surface area contributed by atoms with Crippen LogP contribution in [0.25, 0.3) is 0 Å². The van der Waals surface area contributed by atoms with E-state index in [0.717, 1.165) is 0 Å². The van der Waals surface area contributed by atoms with Gasteiger partial charge in [-0.1, -0.05) is 6.92 Å². The van der Waals surface area contributed by atoms with Crippen LogP contribution in [0.4, 0.5) is 0 Å². The van der Waals surface area contributed by atoms with Gasteiger partial charge in [0.1, 0.15) is 0 Å². The van der Waals surface area contributed by atoms with Crippen molar-refractivity contribution in [1.82, 2.24) is 9.55 Å². The topological polar surface area (TPSA) is 89.3 Å². The maximum atomic E-state index is 11.4. The molecule has 1 rings (SSSR count). The Hall–Kier alpha value is -1.37. The van der Waals surface area contributed by atoms with E-state index < -0.39 is 15.8 Å². The molecule has 0 spiro atoms. The van der Waals surface area contributed by atoms with Gasteiger partial charge in [0, 0.05) is 18.0 Å². The summed E-state index contributed by atoms with van der Waals surface area (Å²) >= 11 is 0. The third-order valence-electron chi connectivity index (χ3n) is 2.34. The van der Waals surface area contributed by atoms with Crippen molar-refractivity contribution in [2.75, 3.05) is 5.75 Å². The molecule has 0 saturated carbocycles. The summed E-state index contributed by atoms with van der Waals surface area (Å²) in [5, 5.41) is 8.95. The van der Waals surface area contributed by atoms with Crippen molar-refractivity contribution < 1.29 is 18.3 Å². The normalized spacial score (nSPS) is 12.0. The summed E-state index contributed by atoms with van der Waals surface area (Å²) < 4.78 is 24.3. The molecule has 0 aromatic carbocycles. The second-order valence-electron chi connectivity index (χ2n) is 4.04. The average molecular weight is 260 g/mol. The van der Waals surface area contributed by atoms with Crippen molar-refractivity contribution in [1.29, 1.82) is 0 Å². The van der Waals surface area contributed by atoms with E-state index in [2.05, 4.69) is 4.98 Å². The van der Waals surface area contributed by atoms with Gasteiger partial charge in [0.2, 0.25) is 5.82 Å². The van der Waals surface area contributed by atoms with Crippen LogP contribution < -0.4 is 0 Å². The Morgan fingerprint density at radius 3 is 2.47 bits per heavy atom. The lowest BCUT2D eigenvalue weighted by Gasteiger charge is -2.07. The summed E-state index contributed by atoms with van der Waals surface area (Å²) in [5.74, 6) is -1.48. The number of nitrogens with zero attached hydrogens (tertiary/aromatic N) is 2. The molecular formula is C10H16N2O4S. The lowest BCUT2D eigenvalue weighted by atomic mass is 10.4. The molecule has 1 aromatic heterocycles. The number of rotatable bonds is 5. The van der Waals surface area contributed by atoms with Crippen molar-refractivity contribution in [3.63, 3.8) is 0 Å². The van der Waals surface area contributed by atoms with Crippen molar-refractivity contribution in [3.8, 4) is 0 Å². The molecule has 17 heavy (non-hydrogen) atoms. The van der Waals surface area contributed by atoms with Crippen LogP contribution in [0.5, 0.6) is 0 Å². The summed E-state index contributed by atoms with van der Waals surface area (Å²) in [5.41, 5.74) is 0.276. The lowest BCUT2D eigenvalue weighted by Crippen LogP contribution is -2.10. The molecule has 0 unspecified atom stereocenters. The molecule has 0 aliphatic rings. The Bertz CT molecular complexity index is 516. The molecule has 0 radical (unpaired) electrons. The maximum Gasteiger partial charge on any atom is 0.372 e. The molecule has 1 heterocycles. The van der Waals surface area contributed by atoms with Crippen LogP contribution in [0.15, 0.2) is 6.20 Å². The van der Waals surface area contributed by atoms with Gasteiger partial charge >= 0.3 is 5.97 Å². The molecular weight excluding hydrogens is 244 g/mol. The Morgan fingerprint density at radius 1 is 1.53 bits per heavy atom. The highest BCUT2D eigenvalue weighted by molar-refractivity contribution is 7.90. The van der Waals surface area contributed by atoms with Crippen molar-refractivity contribution >= 4 is 15.8 Å². The summed E-state index contributed by atoms with van der Waals surface area (Å²) in [6.07, 6.45) is 1.49. The molecule has 7 heteroatoms. The van der Waals surface area contributed by atoms with Gasteiger partial charge in [0.25, 0.3) is 0 Å². The van der Waals surface area contributed by atoms with Gasteiger partial charge in [-0.3, -0.25) is 0 Å². The van der Waals surface area contributed by atoms with Crippen molar-refractivity contribution in [3.05, 3.63) is 17.7 Å². The highest BCUT2D eigenvalue weighted by atomic mass is 32.2. The predicted molar refractivity (Wildman–Crippen MR) is 62.7 cm³/mol. The second-order valence-corrected chi connectivity index (χ2v) is 6.39. The van der Waals surface area contributed by atoms with E-state index in [-0.39, 0.29) is 29.1 Å². The van der Waals surface area contributed by atoms with E-state index in [4.69, 9.17) is 5.11 Å². The first-order chi connectivity index (χ1) is 7.76. The molecule has 0 saturated heterocycles. The van der Waals surface area contributed by atoms with E-state index in [1.165, 1.54) is 10.8 Å². The number of hydrogen-bond acceptors (Lipinski definition) is 4. The first-order valence-electron chi connectivity index (χ1n) is 5.28. The van der Waals surface area contributed by atoms with E-state index in [0.29, 0.717) is 0 Å². The number of aromatic carboxylic acids is 1. The quantitative estimate of drug-likeness (QED) is 0.856. The zero-order valence-corrected chi connectivity index (χ0v) is 10.9. The number of aromatic nitrogens is 2. The van der Waals surface area contributed by atoms with Gasteiger partial charge < -0.3 is 9.67 Å². The molecule has 1 aromatic rings. The highest BCUT2D eigenvalue weighted by Gasteiger charge is 2.19. The monoisotopic (exact) mass is 260 g/mol. The Morgan fingerprint density at radius 2 is 2.12 bits per heavy atom. The van der Waals surface area contributed by atoms with Crippen molar-refractivity contribution in [2.45, 2.75) is 32.6 Å². The smallest absolute Gasteiger partial charge is 0.372 e. The van der Waals surface area contributed by atoms with Crippen LogP contribution in [0.3, 0.4) is 0 Å². The molecule has 0 fully saturated rings. The highest BCUT2D eigenvalue weighted by Crippen LogP contribution is 2.13. The molecule has 0 amide bonds. The van der Waals surface area contributed by atoms with Crippen molar-refractivity contribution in [2.24, 2.45) is 0 Å². The number of imidazole rings is 1. The van der Waals surface area contributed by atoms with Gasteiger partial charge in [-0.2, -0.15) is 0 Å². The van der Waals surface area contributed by atoms with E-state index in [1.807, 2.05) is 13.8 Å². The Labute approximate surface area is 100 Å². The number of sulfone groups is 1. The Balaban J connectivity index is 3.13. The third-order valence-corrected chi connectivity index (χ3v) is 3.95. The zero-order valence-electron chi connectivity index (χ0n) is 10.0. The van der Waals surface area contributed by atoms with Crippen LogP contribution in [0, 0.1) is 0 Å². The van der Waals surface area contributed by atoms with Crippen LogP contribution in [0.1, 0.15) is 43.1 Å². The fraction of sp³-hybridized carbons (Fsp3) is 0.600. The van der Waals surface area contributed by atoms with Gasteiger partial charge in [-0.05, 0) is 13.8 Å². The van der Waals surface area contributed by atoms with Gasteiger partial charge in [-0.15, -0.1) is 0 Å². The summed E-state index contributed by atoms with van der Waals surface area (Å²) in [6.45, 7) is 5.17. The summed E-state index contributed by atoms with van der Waals surface area (Å²) in [7, 11) is -3.20. The van der Waals surface area contributed by atoms with Crippen LogP contribution in [-0.4, -0.2) is 34.8 Å². The number of carboxylic acid groups (broad SMARTS) is 1. The number of carbonyl (C=O) groups is 1. The second kappa shape index (κ2) is 4.87. The lowest BCUT2D eigenvalue weighted by molar-refractivity contribution is 0.0676. The molecule has 0 aliphatic heterocycles. The Kier molecular flexibility index (Phi) is 3.92. The molecule has 1 N–H and O–H groups in total. The van der Waals surface area contributed by atoms with Gasteiger partial charge in [0.15, 0.2) is 9.84 Å². The minimum absolute atomic E-state index is 0.0178. The van der Waals surface area contributed by atoms with E-state index >= 15 is 0 Å². The first-order valence-corrected chi connectivity index (χ1v) is 7.10. The molecule has 96 valence electrons. The zero-order chi connectivity index (χ0) is 13.2. The largest absolute Gasteiger partial charge is 0.475 e. The van der Waals surface area contributed by atoms with Crippen LogP contribution in [0.2, 0.25) is 0 Å². The molecule has 6 nitrogen and oxygen atoms in total. The summed E-state index contributed by atoms with van der Waals surface area (Å²) in [6, 6.07) is -0.0771.